The highest BCUT2D eigenvalue weighted by Crippen LogP contribution is 2.17. The maximum atomic E-state index is 12.1. The molecule has 1 amide bonds. The Kier molecular flexibility index (Phi) is 8.90. The third-order valence-electron chi connectivity index (χ3n) is 3.96. The van der Waals surface area contributed by atoms with Gasteiger partial charge in [-0.3, -0.25) is 9.79 Å². The molecule has 0 aliphatic rings. The van der Waals surface area contributed by atoms with Crippen LogP contribution in [0.3, 0.4) is 0 Å². The van der Waals surface area contributed by atoms with Crippen LogP contribution in [0.15, 0.2) is 70.3 Å². The van der Waals surface area contributed by atoms with Crippen molar-refractivity contribution in [1.29, 1.82) is 0 Å². The van der Waals surface area contributed by atoms with Crippen molar-refractivity contribution < 1.29 is 9.21 Å². The number of amides is 1. The fourth-order valence-corrected chi connectivity index (χ4v) is 2.55. The summed E-state index contributed by atoms with van der Waals surface area (Å²) in [7, 11) is 1.63. The molecule has 0 spiro atoms. The highest BCUT2D eigenvalue weighted by Gasteiger charge is 2.08. The second-order valence-corrected chi connectivity index (χ2v) is 6.06. The molecule has 0 atom stereocenters. The van der Waals surface area contributed by atoms with E-state index in [-0.39, 0.29) is 36.4 Å². The topological polar surface area (TPSA) is 91.5 Å². The lowest BCUT2D eigenvalue weighted by molar-refractivity contribution is -0.115. The van der Waals surface area contributed by atoms with Crippen molar-refractivity contribution in [2.24, 2.45) is 4.99 Å². The van der Waals surface area contributed by atoms with E-state index < -0.39 is 0 Å². The second kappa shape index (κ2) is 11.6. The molecule has 8 heteroatoms. The van der Waals surface area contributed by atoms with Crippen LogP contribution < -0.4 is 16.0 Å². The van der Waals surface area contributed by atoms with Gasteiger partial charge in [0, 0.05) is 23.9 Å². The van der Waals surface area contributed by atoms with Crippen LogP contribution in [0.4, 0.5) is 5.69 Å². The lowest BCUT2D eigenvalue weighted by Crippen LogP contribution is -2.41. The number of nitrogens with zero attached hydrogens (tertiary/aromatic N) is 2. The van der Waals surface area contributed by atoms with Gasteiger partial charge < -0.3 is 20.4 Å². The Hall–Kier alpha value is -3.32. The van der Waals surface area contributed by atoms with Crippen molar-refractivity contribution in [1.82, 2.24) is 15.6 Å². The van der Waals surface area contributed by atoms with Gasteiger partial charge in [0.1, 0.15) is 6.26 Å². The zero-order chi connectivity index (χ0) is 20.5. The minimum absolute atomic E-state index is 0. The molecule has 0 saturated carbocycles. The van der Waals surface area contributed by atoms with Gasteiger partial charge in [-0.25, -0.2) is 4.98 Å². The van der Waals surface area contributed by atoms with Crippen LogP contribution >= 0.6 is 24.0 Å². The molecule has 0 aliphatic heterocycles. The number of carbonyl (C=O) groups is 1. The van der Waals surface area contributed by atoms with Gasteiger partial charge in [-0.05, 0) is 30.3 Å². The molecule has 3 N–H and O–H groups in total. The summed E-state index contributed by atoms with van der Waals surface area (Å²) in [5.74, 6) is 3.35. The van der Waals surface area contributed by atoms with Crippen LogP contribution in [0.25, 0.3) is 11.5 Å². The zero-order valence-corrected chi connectivity index (χ0v) is 18.7. The van der Waals surface area contributed by atoms with E-state index in [1.807, 2.05) is 30.3 Å². The average molecular weight is 515 g/mol. The standard InChI is InChI=1S/C22H21N5O2.HI/c1-3-16-8-7-11-18(12-16)26-20(28)14-25-22(23-2)24-13-19-15-29-21(27-19)17-9-5-4-6-10-17;/h1,4-12,15H,13-14H2,2H3,(H,26,28)(H2,23,24,25);1H. The van der Waals surface area contributed by atoms with Crippen LogP contribution in [0.1, 0.15) is 11.3 Å². The molecule has 0 unspecified atom stereocenters. The second-order valence-electron chi connectivity index (χ2n) is 6.06. The third-order valence-corrected chi connectivity index (χ3v) is 3.96. The highest BCUT2D eigenvalue weighted by atomic mass is 127. The van der Waals surface area contributed by atoms with Crippen LogP contribution in [0, 0.1) is 12.3 Å². The number of aliphatic imine (C=N–C) groups is 1. The Morgan fingerprint density at radius 1 is 1.17 bits per heavy atom. The van der Waals surface area contributed by atoms with E-state index in [9.17, 15) is 4.79 Å². The average Bonchev–Trinajstić information content (AvgIpc) is 3.24. The number of rotatable bonds is 6. The molecule has 0 bridgehead atoms. The third kappa shape index (κ3) is 6.63. The quantitative estimate of drug-likeness (QED) is 0.203. The van der Waals surface area contributed by atoms with Gasteiger partial charge in [0.15, 0.2) is 5.96 Å². The number of oxazole rings is 1. The van der Waals surface area contributed by atoms with Crippen molar-refractivity contribution >= 4 is 41.5 Å². The monoisotopic (exact) mass is 515 g/mol. The lowest BCUT2D eigenvalue weighted by atomic mass is 10.2. The molecular formula is C22H22IN5O2. The molecule has 3 aromatic rings. The Balaban J connectivity index is 0.00000320. The van der Waals surface area contributed by atoms with Crippen LogP contribution in [0.2, 0.25) is 0 Å². The maximum absolute atomic E-state index is 12.1. The summed E-state index contributed by atoms with van der Waals surface area (Å²) in [6.07, 6.45) is 6.96. The van der Waals surface area contributed by atoms with Crippen LogP contribution in [-0.2, 0) is 11.3 Å². The number of hydrogen-bond donors (Lipinski definition) is 3. The first kappa shape index (κ1) is 23.0. The molecule has 0 radical (unpaired) electrons. The number of aromatic nitrogens is 1. The summed E-state index contributed by atoms with van der Waals surface area (Å²) in [4.78, 5) is 20.7. The summed E-state index contributed by atoms with van der Waals surface area (Å²) < 4.78 is 5.51. The summed E-state index contributed by atoms with van der Waals surface area (Å²) in [5.41, 5.74) is 2.98. The predicted octanol–water partition coefficient (Wildman–Crippen LogP) is 3.24. The van der Waals surface area contributed by atoms with E-state index in [2.05, 4.69) is 31.8 Å². The number of guanidine groups is 1. The zero-order valence-electron chi connectivity index (χ0n) is 16.4. The highest BCUT2D eigenvalue weighted by molar-refractivity contribution is 14.0. The van der Waals surface area contributed by atoms with Crippen molar-refractivity contribution in [3.8, 4) is 23.8 Å². The van der Waals surface area contributed by atoms with Crippen molar-refractivity contribution in [3.05, 3.63) is 72.1 Å². The smallest absolute Gasteiger partial charge is 0.243 e. The van der Waals surface area contributed by atoms with Gasteiger partial charge in [-0.2, -0.15) is 0 Å². The first-order valence-corrected chi connectivity index (χ1v) is 8.99. The fourth-order valence-electron chi connectivity index (χ4n) is 2.55. The first-order chi connectivity index (χ1) is 14.2. The molecule has 0 fully saturated rings. The number of nitrogens with one attached hydrogen (secondary N) is 3. The van der Waals surface area contributed by atoms with E-state index in [0.717, 1.165) is 11.3 Å². The fraction of sp³-hybridized carbons (Fsp3) is 0.136. The van der Waals surface area contributed by atoms with E-state index in [1.54, 1.807) is 37.6 Å². The van der Waals surface area contributed by atoms with E-state index >= 15 is 0 Å². The van der Waals surface area contributed by atoms with Crippen molar-refractivity contribution in [2.75, 3.05) is 18.9 Å². The van der Waals surface area contributed by atoms with Crippen molar-refractivity contribution in [3.63, 3.8) is 0 Å². The number of carbonyl (C=O) groups excluding carboxylic acids is 1. The molecule has 3 rings (SSSR count). The normalized spacial score (nSPS) is 10.5. The molecule has 2 aromatic carbocycles. The lowest BCUT2D eigenvalue weighted by Gasteiger charge is -2.11. The van der Waals surface area contributed by atoms with E-state index in [0.29, 0.717) is 29.6 Å². The van der Waals surface area contributed by atoms with Gasteiger partial charge >= 0.3 is 0 Å². The molecule has 30 heavy (non-hydrogen) atoms. The molecule has 1 aromatic heterocycles. The molecule has 154 valence electrons. The van der Waals surface area contributed by atoms with Gasteiger partial charge in [0.25, 0.3) is 0 Å². The van der Waals surface area contributed by atoms with Crippen LogP contribution in [-0.4, -0.2) is 30.4 Å². The largest absolute Gasteiger partial charge is 0.444 e. The summed E-state index contributed by atoms with van der Waals surface area (Å²) in [5, 5.41) is 8.84. The van der Waals surface area contributed by atoms with Gasteiger partial charge in [-0.15, -0.1) is 30.4 Å². The van der Waals surface area contributed by atoms with E-state index in [1.165, 1.54) is 0 Å². The summed E-state index contributed by atoms with van der Waals surface area (Å²) in [6.45, 7) is 0.454. The molecule has 0 aliphatic carbocycles. The number of terminal acetylenes is 1. The van der Waals surface area contributed by atoms with Gasteiger partial charge in [0.05, 0.1) is 18.8 Å². The SMILES string of the molecule is C#Cc1cccc(NC(=O)CNC(=NC)NCc2coc(-c3ccccc3)n2)c1.I. The predicted molar refractivity (Wildman–Crippen MR) is 129 cm³/mol. The number of hydrogen-bond acceptors (Lipinski definition) is 4. The van der Waals surface area contributed by atoms with E-state index in [4.69, 9.17) is 10.8 Å². The molecular weight excluding hydrogens is 493 g/mol. The Labute approximate surface area is 192 Å². The van der Waals surface area contributed by atoms with Gasteiger partial charge in [0.2, 0.25) is 11.8 Å². The van der Waals surface area contributed by atoms with Crippen LogP contribution in [0.5, 0.6) is 0 Å². The minimum atomic E-state index is -0.213. The summed E-state index contributed by atoms with van der Waals surface area (Å²) >= 11 is 0. The Morgan fingerprint density at radius 3 is 2.70 bits per heavy atom. The number of benzene rings is 2. The maximum Gasteiger partial charge on any atom is 0.243 e. The Bertz CT molecular complexity index is 1040. The molecule has 0 saturated heterocycles. The van der Waals surface area contributed by atoms with Crippen molar-refractivity contribution in [2.45, 2.75) is 6.54 Å². The Morgan fingerprint density at radius 2 is 1.97 bits per heavy atom. The minimum Gasteiger partial charge on any atom is -0.444 e. The number of halogens is 1. The van der Waals surface area contributed by atoms with Gasteiger partial charge in [-0.1, -0.05) is 30.2 Å². The first-order valence-electron chi connectivity index (χ1n) is 8.99. The molecule has 7 nitrogen and oxygen atoms in total. The number of anilines is 1. The molecule has 1 heterocycles. The summed E-state index contributed by atoms with van der Waals surface area (Å²) in [6, 6.07) is 16.8.